The third-order valence-electron chi connectivity index (χ3n) is 2.59. The number of nitrogens with two attached hydrogens (primary N) is 1. The molecule has 1 atom stereocenters. The van der Waals surface area contributed by atoms with Crippen LogP contribution in [0.1, 0.15) is 37.9 Å². The molecule has 0 aliphatic carbocycles. The Morgan fingerprint density at radius 2 is 1.67 bits per heavy atom. The van der Waals surface area contributed by atoms with E-state index in [0.717, 1.165) is 6.07 Å². The molecule has 0 heterocycles. The molecule has 0 spiro atoms. The van der Waals surface area contributed by atoms with Gasteiger partial charge >= 0.3 is 6.18 Å². The Morgan fingerprint density at radius 3 is 2.00 bits per heavy atom. The van der Waals surface area contributed by atoms with Gasteiger partial charge in [0.15, 0.2) is 0 Å². The molecule has 2 N–H and O–H groups in total. The molecule has 0 saturated heterocycles. The van der Waals surface area contributed by atoms with E-state index in [-0.39, 0.29) is 28.9 Å². The Morgan fingerprint density at radius 1 is 1.17 bits per heavy atom. The van der Waals surface area contributed by atoms with Crippen molar-refractivity contribution in [3.8, 4) is 0 Å². The fourth-order valence-corrected chi connectivity index (χ4v) is 1.75. The second-order valence-corrected chi connectivity index (χ2v) is 5.49. The van der Waals surface area contributed by atoms with Gasteiger partial charge < -0.3 is 5.73 Å². The number of rotatable bonds is 1. The summed E-state index contributed by atoms with van der Waals surface area (Å²) in [5.41, 5.74) is 5.50. The normalized spacial score (nSPS) is 14.0. The summed E-state index contributed by atoms with van der Waals surface area (Å²) in [6, 6.07) is 3.29. The summed E-state index contributed by atoms with van der Waals surface area (Å²) in [7, 11) is 0. The maximum Gasteiger partial charge on any atom is 0.417 e. The SMILES string of the molecule is CC(C)(C)[C@H](N)c1ccc(C(F)(F)F)c(Cl)c1.Cl. The molecule has 0 aliphatic heterocycles. The minimum atomic E-state index is -4.43. The molecule has 0 aliphatic rings. The van der Waals surface area contributed by atoms with Gasteiger partial charge in [-0.15, -0.1) is 12.4 Å². The molecular weight excluding hydrogens is 286 g/mol. The standard InChI is InChI=1S/C12H15ClF3N.ClH/c1-11(2,3)10(17)7-4-5-8(9(13)6-7)12(14,15)16;/h4-6,10H,17H2,1-3H3;1H/t10-;/m1./s1. The first-order valence-electron chi connectivity index (χ1n) is 5.15. The molecule has 0 aromatic heterocycles. The second-order valence-electron chi connectivity index (χ2n) is 5.08. The molecule has 1 aromatic carbocycles. The lowest BCUT2D eigenvalue weighted by Crippen LogP contribution is -2.26. The van der Waals surface area contributed by atoms with Gasteiger partial charge in [-0.3, -0.25) is 0 Å². The van der Waals surface area contributed by atoms with Crippen molar-refractivity contribution in [3.63, 3.8) is 0 Å². The van der Waals surface area contributed by atoms with Gasteiger partial charge in [0, 0.05) is 6.04 Å². The van der Waals surface area contributed by atoms with E-state index >= 15 is 0 Å². The van der Waals surface area contributed by atoms with E-state index in [1.54, 1.807) is 0 Å². The van der Waals surface area contributed by atoms with Gasteiger partial charge in [0.05, 0.1) is 10.6 Å². The minimum Gasteiger partial charge on any atom is -0.324 e. The largest absolute Gasteiger partial charge is 0.417 e. The first kappa shape index (κ1) is 17.6. The lowest BCUT2D eigenvalue weighted by atomic mass is 9.83. The van der Waals surface area contributed by atoms with E-state index < -0.39 is 11.7 Å². The number of halogens is 5. The zero-order chi connectivity index (χ0) is 13.4. The number of alkyl halides is 3. The smallest absolute Gasteiger partial charge is 0.324 e. The van der Waals surface area contributed by atoms with Gasteiger partial charge in [-0.05, 0) is 23.1 Å². The summed E-state index contributed by atoms with van der Waals surface area (Å²) in [6.07, 6.45) is -4.43. The highest BCUT2D eigenvalue weighted by Crippen LogP contribution is 2.38. The van der Waals surface area contributed by atoms with E-state index in [9.17, 15) is 13.2 Å². The summed E-state index contributed by atoms with van der Waals surface area (Å²) < 4.78 is 37.5. The third-order valence-corrected chi connectivity index (χ3v) is 2.90. The van der Waals surface area contributed by atoms with Crippen LogP contribution in [0.25, 0.3) is 0 Å². The zero-order valence-corrected chi connectivity index (χ0v) is 11.9. The quantitative estimate of drug-likeness (QED) is 0.790. The van der Waals surface area contributed by atoms with Crippen LogP contribution in [0.15, 0.2) is 18.2 Å². The lowest BCUT2D eigenvalue weighted by molar-refractivity contribution is -0.137. The molecule has 0 unspecified atom stereocenters. The zero-order valence-electron chi connectivity index (χ0n) is 10.3. The molecule has 6 heteroatoms. The fourth-order valence-electron chi connectivity index (χ4n) is 1.45. The van der Waals surface area contributed by atoms with Gasteiger partial charge in [-0.25, -0.2) is 0 Å². The second kappa shape index (κ2) is 5.68. The maximum absolute atomic E-state index is 12.5. The Bertz CT molecular complexity index is 411. The molecule has 1 nitrogen and oxygen atoms in total. The summed E-state index contributed by atoms with van der Waals surface area (Å²) in [6.45, 7) is 5.76. The number of hydrogen-bond donors (Lipinski definition) is 1. The van der Waals surface area contributed by atoms with Crippen LogP contribution in [0.4, 0.5) is 13.2 Å². The van der Waals surface area contributed by atoms with E-state index in [1.807, 2.05) is 20.8 Å². The topological polar surface area (TPSA) is 26.0 Å². The van der Waals surface area contributed by atoms with Crippen LogP contribution in [0, 0.1) is 5.41 Å². The van der Waals surface area contributed by atoms with Crippen LogP contribution in [-0.2, 0) is 6.18 Å². The highest BCUT2D eigenvalue weighted by molar-refractivity contribution is 6.31. The first-order chi connectivity index (χ1) is 7.53. The van der Waals surface area contributed by atoms with Gasteiger partial charge in [0.25, 0.3) is 0 Å². The highest BCUT2D eigenvalue weighted by atomic mass is 35.5. The molecule has 0 bridgehead atoms. The van der Waals surface area contributed by atoms with Crippen LogP contribution >= 0.6 is 24.0 Å². The van der Waals surface area contributed by atoms with Crippen LogP contribution in [0.2, 0.25) is 5.02 Å². The summed E-state index contributed by atoms with van der Waals surface area (Å²) in [5.74, 6) is 0. The first-order valence-corrected chi connectivity index (χ1v) is 5.53. The van der Waals surface area contributed by atoms with Crippen LogP contribution < -0.4 is 5.73 Å². The Hall–Kier alpha value is -0.450. The number of hydrogen-bond acceptors (Lipinski definition) is 1. The van der Waals surface area contributed by atoms with Crippen molar-refractivity contribution < 1.29 is 13.2 Å². The van der Waals surface area contributed by atoms with E-state index in [2.05, 4.69) is 0 Å². The predicted molar refractivity (Wildman–Crippen MR) is 70.1 cm³/mol. The Balaban J connectivity index is 0.00000289. The van der Waals surface area contributed by atoms with Gasteiger partial charge in [-0.1, -0.05) is 38.4 Å². The predicted octanol–water partition coefficient (Wildman–Crippen LogP) is 4.83. The monoisotopic (exact) mass is 301 g/mol. The van der Waals surface area contributed by atoms with Crippen molar-refractivity contribution in [2.24, 2.45) is 11.1 Å². The average Bonchev–Trinajstić information content (AvgIpc) is 2.12. The van der Waals surface area contributed by atoms with Gasteiger partial charge in [-0.2, -0.15) is 13.2 Å². The average molecular weight is 302 g/mol. The molecule has 18 heavy (non-hydrogen) atoms. The van der Waals surface area contributed by atoms with Crippen molar-refractivity contribution in [3.05, 3.63) is 34.3 Å². The van der Waals surface area contributed by atoms with Crippen LogP contribution in [0.3, 0.4) is 0 Å². The molecule has 0 saturated carbocycles. The minimum absolute atomic E-state index is 0. The Kier molecular flexibility index (Phi) is 5.54. The summed E-state index contributed by atoms with van der Waals surface area (Å²) >= 11 is 5.63. The van der Waals surface area contributed by atoms with Gasteiger partial charge in [0.1, 0.15) is 0 Å². The van der Waals surface area contributed by atoms with E-state index in [0.29, 0.717) is 5.56 Å². The summed E-state index contributed by atoms with van der Waals surface area (Å²) in [5, 5.41) is -0.310. The van der Waals surface area contributed by atoms with Crippen molar-refractivity contribution in [1.29, 1.82) is 0 Å². The van der Waals surface area contributed by atoms with Crippen LogP contribution in [-0.4, -0.2) is 0 Å². The van der Waals surface area contributed by atoms with Crippen LogP contribution in [0.5, 0.6) is 0 Å². The number of benzene rings is 1. The van der Waals surface area contributed by atoms with Crippen molar-refractivity contribution >= 4 is 24.0 Å². The summed E-state index contributed by atoms with van der Waals surface area (Å²) in [4.78, 5) is 0. The third kappa shape index (κ3) is 4.04. The molecule has 104 valence electrons. The molecular formula is C12H16Cl2F3N. The van der Waals surface area contributed by atoms with E-state index in [4.69, 9.17) is 17.3 Å². The fraction of sp³-hybridized carbons (Fsp3) is 0.500. The Labute approximate surface area is 116 Å². The molecule has 1 rings (SSSR count). The van der Waals surface area contributed by atoms with Gasteiger partial charge in [0.2, 0.25) is 0 Å². The maximum atomic E-state index is 12.5. The van der Waals surface area contributed by atoms with Crippen molar-refractivity contribution in [2.75, 3.05) is 0 Å². The van der Waals surface area contributed by atoms with Crippen molar-refractivity contribution in [2.45, 2.75) is 33.0 Å². The molecule has 0 radical (unpaired) electrons. The molecule has 1 aromatic rings. The lowest BCUT2D eigenvalue weighted by Gasteiger charge is -2.27. The van der Waals surface area contributed by atoms with E-state index in [1.165, 1.54) is 12.1 Å². The highest BCUT2D eigenvalue weighted by Gasteiger charge is 2.33. The van der Waals surface area contributed by atoms with Crippen molar-refractivity contribution in [1.82, 2.24) is 0 Å². The molecule has 0 amide bonds. The molecule has 0 fully saturated rings.